The zero-order valence-electron chi connectivity index (χ0n) is 10.1. The van der Waals surface area contributed by atoms with Crippen molar-refractivity contribution in [2.24, 2.45) is 0 Å². The molecule has 2 rings (SSSR count). The second-order valence-electron chi connectivity index (χ2n) is 3.99. The molecule has 104 valence electrons. The van der Waals surface area contributed by atoms with Gasteiger partial charge in [-0.05, 0) is 28.4 Å². The van der Waals surface area contributed by atoms with Gasteiger partial charge in [0, 0.05) is 47.0 Å². The van der Waals surface area contributed by atoms with E-state index in [1.54, 1.807) is 0 Å². The molecule has 6 heteroatoms. The molecular formula is C12H19BrCl2N2S. The predicted molar refractivity (Wildman–Crippen MR) is 88.5 cm³/mol. The van der Waals surface area contributed by atoms with Crippen LogP contribution in [0.15, 0.2) is 28.6 Å². The second kappa shape index (κ2) is 9.34. The summed E-state index contributed by atoms with van der Waals surface area (Å²) >= 11 is 5.36. The molecule has 0 radical (unpaired) electrons. The molecule has 1 fully saturated rings. The van der Waals surface area contributed by atoms with Crippen LogP contribution in [0.4, 0.5) is 0 Å². The molecule has 2 heterocycles. The molecule has 1 atom stereocenters. The van der Waals surface area contributed by atoms with Crippen LogP contribution in [0.5, 0.6) is 0 Å². The summed E-state index contributed by atoms with van der Waals surface area (Å²) < 4.78 is 1.19. The van der Waals surface area contributed by atoms with E-state index in [2.05, 4.69) is 44.2 Å². The largest absolute Gasteiger partial charge is 0.314 e. The molecule has 1 saturated heterocycles. The number of thiophene rings is 1. The Balaban J connectivity index is 0.00000144. The summed E-state index contributed by atoms with van der Waals surface area (Å²) in [6.45, 7) is 8.34. The molecule has 0 unspecified atom stereocenters. The fourth-order valence-corrected chi connectivity index (χ4v) is 3.69. The van der Waals surface area contributed by atoms with Gasteiger partial charge in [-0.15, -0.1) is 42.7 Å². The van der Waals surface area contributed by atoms with Gasteiger partial charge >= 0.3 is 0 Å². The van der Waals surface area contributed by atoms with Crippen LogP contribution >= 0.6 is 52.1 Å². The van der Waals surface area contributed by atoms with Gasteiger partial charge in [0.15, 0.2) is 0 Å². The van der Waals surface area contributed by atoms with Crippen LogP contribution in [0.2, 0.25) is 0 Å². The number of nitrogens with one attached hydrogen (secondary N) is 1. The SMILES string of the molecule is C=CC[C@H](c1cc(Br)cs1)N1CCNCC1.Cl.Cl. The third-order valence-corrected chi connectivity index (χ3v) is 4.69. The van der Waals surface area contributed by atoms with E-state index in [0.717, 1.165) is 32.6 Å². The van der Waals surface area contributed by atoms with E-state index in [9.17, 15) is 0 Å². The minimum absolute atomic E-state index is 0. The molecule has 0 aliphatic carbocycles. The molecule has 0 bridgehead atoms. The molecule has 18 heavy (non-hydrogen) atoms. The molecule has 1 aliphatic rings. The zero-order chi connectivity index (χ0) is 11.4. The number of hydrogen-bond donors (Lipinski definition) is 1. The normalized spacial score (nSPS) is 17.4. The molecule has 0 spiro atoms. The van der Waals surface area contributed by atoms with Gasteiger partial charge < -0.3 is 5.32 Å². The molecule has 1 aliphatic heterocycles. The molecular weight excluding hydrogens is 355 g/mol. The summed E-state index contributed by atoms with van der Waals surface area (Å²) in [6, 6.07) is 2.75. The Kier molecular flexibility index (Phi) is 9.56. The number of piperazine rings is 1. The summed E-state index contributed by atoms with van der Waals surface area (Å²) in [5.41, 5.74) is 0. The number of nitrogens with zero attached hydrogens (tertiary/aromatic N) is 1. The van der Waals surface area contributed by atoms with E-state index < -0.39 is 0 Å². The van der Waals surface area contributed by atoms with Crippen LogP contribution in [0.1, 0.15) is 17.3 Å². The molecule has 0 saturated carbocycles. The summed E-state index contributed by atoms with van der Waals surface area (Å²) in [5.74, 6) is 0. The Morgan fingerprint density at radius 1 is 1.44 bits per heavy atom. The topological polar surface area (TPSA) is 15.3 Å². The van der Waals surface area contributed by atoms with Crippen molar-refractivity contribution < 1.29 is 0 Å². The first-order valence-corrected chi connectivity index (χ1v) is 7.28. The van der Waals surface area contributed by atoms with Crippen molar-refractivity contribution in [2.45, 2.75) is 12.5 Å². The first-order valence-electron chi connectivity index (χ1n) is 5.61. The Morgan fingerprint density at radius 2 is 2.11 bits per heavy atom. The molecule has 2 nitrogen and oxygen atoms in total. The lowest BCUT2D eigenvalue weighted by Crippen LogP contribution is -2.44. The number of hydrogen-bond acceptors (Lipinski definition) is 3. The molecule has 1 aromatic rings. The summed E-state index contributed by atoms with van der Waals surface area (Å²) in [5, 5.41) is 5.56. The summed E-state index contributed by atoms with van der Waals surface area (Å²) in [4.78, 5) is 3.99. The number of rotatable bonds is 4. The Hall–Kier alpha value is 0.420. The van der Waals surface area contributed by atoms with Crippen molar-refractivity contribution in [3.8, 4) is 0 Å². The van der Waals surface area contributed by atoms with Gasteiger partial charge in [0.2, 0.25) is 0 Å². The highest BCUT2D eigenvalue weighted by molar-refractivity contribution is 9.10. The standard InChI is InChI=1S/C12H17BrN2S.2ClH/c1-2-3-11(12-8-10(13)9-16-12)15-6-4-14-5-7-15;;/h2,8-9,11,14H,1,3-7H2;2*1H/t11-;;/m1../s1. The zero-order valence-corrected chi connectivity index (χ0v) is 14.1. The molecule has 0 aromatic carbocycles. The van der Waals surface area contributed by atoms with Crippen LogP contribution < -0.4 is 5.32 Å². The Bertz CT molecular complexity index is 354. The van der Waals surface area contributed by atoms with E-state index in [4.69, 9.17) is 0 Å². The van der Waals surface area contributed by atoms with Gasteiger partial charge in [-0.2, -0.15) is 0 Å². The van der Waals surface area contributed by atoms with Crippen molar-refractivity contribution in [1.29, 1.82) is 0 Å². The molecule has 1 N–H and O–H groups in total. The maximum atomic E-state index is 3.88. The summed E-state index contributed by atoms with van der Waals surface area (Å²) in [7, 11) is 0. The highest BCUT2D eigenvalue weighted by Gasteiger charge is 2.22. The second-order valence-corrected chi connectivity index (χ2v) is 5.85. The lowest BCUT2D eigenvalue weighted by molar-refractivity contribution is 0.177. The van der Waals surface area contributed by atoms with Crippen LogP contribution in [0.3, 0.4) is 0 Å². The van der Waals surface area contributed by atoms with Gasteiger partial charge in [-0.25, -0.2) is 0 Å². The summed E-state index contributed by atoms with van der Waals surface area (Å²) in [6.07, 6.45) is 3.06. The first kappa shape index (κ1) is 18.4. The first-order chi connectivity index (χ1) is 7.81. The van der Waals surface area contributed by atoms with Gasteiger partial charge in [0.25, 0.3) is 0 Å². The quantitative estimate of drug-likeness (QED) is 0.805. The van der Waals surface area contributed by atoms with Crippen molar-refractivity contribution >= 4 is 52.1 Å². The van der Waals surface area contributed by atoms with Gasteiger partial charge in [-0.3, -0.25) is 4.90 Å². The average Bonchev–Trinajstić information content (AvgIpc) is 2.74. The van der Waals surface area contributed by atoms with E-state index >= 15 is 0 Å². The van der Waals surface area contributed by atoms with Crippen molar-refractivity contribution in [2.75, 3.05) is 26.2 Å². The van der Waals surface area contributed by atoms with Crippen molar-refractivity contribution in [3.63, 3.8) is 0 Å². The average molecular weight is 374 g/mol. The van der Waals surface area contributed by atoms with Crippen LogP contribution in [-0.2, 0) is 0 Å². The van der Waals surface area contributed by atoms with Crippen LogP contribution in [0.25, 0.3) is 0 Å². The van der Waals surface area contributed by atoms with Crippen molar-refractivity contribution in [3.05, 3.63) is 33.5 Å². The monoisotopic (exact) mass is 372 g/mol. The smallest absolute Gasteiger partial charge is 0.0477 e. The number of halogens is 3. The van der Waals surface area contributed by atoms with Crippen LogP contribution in [0, 0.1) is 0 Å². The Morgan fingerprint density at radius 3 is 2.61 bits per heavy atom. The van der Waals surface area contributed by atoms with Crippen LogP contribution in [-0.4, -0.2) is 31.1 Å². The third-order valence-electron chi connectivity index (χ3n) is 2.90. The highest BCUT2D eigenvalue weighted by Crippen LogP contribution is 2.32. The fourth-order valence-electron chi connectivity index (χ4n) is 2.10. The minimum Gasteiger partial charge on any atom is -0.314 e. The lowest BCUT2D eigenvalue weighted by Gasteiger charge is -2.34. The van der Waals surface area contributed by atoms with Crippen molar-refractivity contribution in [1.82, 2.24) is 10.2 Å². The van der Waals surface area contributed by atoms with Gasteiger partial charge in [0.1, 0.15) is 0 Å². The van der Waals surface area contributed by atoms with E-state index in [0.29, 0.717) is 6.04 Å². The maximum Gasteiger partial charge on any atom is 0.0477 e. The fraction of sp³-hybridized carbons (Fsp3) is 0.500. The van der Waals surface area contributed by atoms with E-state index in [-0.39, 0.29) is 24.8 Å². The highest BCUT2D eigenvalue weighted by atomic mass is 79.9. The minimum atomic E-state index is 0. The van der Waals surface area contributed by atoms with Gasteiger partial charge in [0.05, 0.1) is 0 Å². The predicted octanol–water partition coefficient (Wildman–Crippen LogP) is 3.88. The molecule has 1 aromatic heterocycles. The van der Waals surface area contributed by atoms with Gasteiger partial charge in [-0.1, -0.05) is 6.08 Å². The third kappa shape index (κ3) is 4.83. The van der Waals surface area contributed by atoms with E-state index in [1.165, 1.54) is 9.35 Å². The Labute approximate surface area is 134 Å². The lowest BCUT2D eigenvalue weighted by atomic mass is 10.1. The molecule has 0 amide bonds. The van der Waals surface area contributed by atoms with E-state index in [1.807, 2.05) is 17.4 Å². The maximum absolute atomic E-state index is 3.88.